The van der Waals surface area contributed by atoms with Gasteiger partial charge in [-0.25, -0.2) is 0 Å². The van der Waals surface area contributed by atoms with Gasteiger partial charge < -0.3 is 5.32 Å². The Labute approximate surface area is 156 Å². The summed E-state index contributed by atoms with van der Waals surface area (Å²) in [5.74, 6) is 0.197. The zero-order valence-electron chi connectivity index (χ0n) is 13.0. The van der Waals surface area contributed by atoms with Crippen LogP contribution in [-0.4, -0.2) is 28.6 Å². The van der Waals surface area contributed by atoms with Crippen molar-refractivity contribution in [3.8, 4) is 0 Å². The molecule has 0 fully saturated rings. The highest BCUT2D eigenvalue weighted by Gasteiger charge is 2.11. The highest BCUT2D eigenvalue weighted by Crippen LogP contribution is 2.28. The number of amides is 2. The van der Waals surface area contributed by atoms with Crippen LogP contribution in [0.15, 0.2) is 52.2 Å². The number of carbonyl (C=O) groups is 2. The number of carbonyl (C=O) groups excluding carboxylic acids is 2. The second-order valence-corrected chi connectivity index (χ2v) is 8.00. The fraction of sp³-hybridized carbons (Fsp3) is 0.125. The van der Waals surface area contributed by atoms with E-state index in [1.807, 2.05) is 35.7 Å². The van der Waals surface area contributed by atoms with E-state index in [2.05, 4.69) is 20.8 Å². The molecule has 0 aliphatic rings. The van der Waals surface area contributed by atoms with Crippen LogP contribution in [0.2, 0.25) is 0 Å². The first-order chi connectivity index (χ1) is 12.2. The molecule has 2 heterocycles. The number of thioether (sulfide) groups is 1. The van der Waals surface area contributed by atoms with Crippen LogP contribution in [0, 0.1) is 0 Å². The molecule has 0 atom stereocenters. The van der Waals surface area contributed by atoms with Crippen LogP contribution in [0.1, 0.15) is 15.2 Å². The van der Waals surface area contributed by atoms with E-state index in [1.54, 1.807) is 23.9 Å². The number of rotatable bonds is 7. The number of hydrogen-bond acceptors (Lipinski definition) is 7. The second kappa shape index (κ2) is 8.75. The summed E-state index contributed by atoms with van der Waals surface area (Å²) in [4.78, 5) is 24.2. The lowest BCUT2D eigenvalue weighted by molar-refractivity contribution is -0.115. The minimum Gasteiger partial charge on any atom is -0.342 e. The molecule has 9 heteroatoms. The largest absolute Gasteiger partial charge is 0.342 e. The van der Waals surface area contributed by atoms with Crippen molar-refractivity contribution in [1.82, 2.24) is 15.5 Å². The minimum atomic E-state index is -0.333. The standard InChI is InChI=1S/C16H14N4O2S3/c21-13(9-17-14(22)12-7-4-8-23-12)18-15-19-20-16(25-15)24-10-11-5-2-1-3-6-11/h1-8H,9-10H2,(H,17,22)(H,18,19,21). The maximum Gasteiger partial charge on any atom is 0.261 e. The predicted molar refractivity (Wildman–Crippen MR) is 101 cm³/mol. The number of thiophene rings is 1. The molecule has 2 N–H and O–H groups in total. The van der Waals surface area contributed by atoms with Crippen molar-refractivity contribution in [1.29, 1.82) is 0 Å². The van der Waals surface area contributed by atoms with Crippen LogP contribution in [0.3, 0.4) is 0 Å². The summed E-state index contributed by atoms with van der Waals surface area (Å²) in [6, 6.07) is 13.6. The lowest BCUT2D eigenvalue weighted by Gasteiger charge is -2.02. The van der Waals surface area contributed by atoms with Crippen molar-refractivity contribution < 1.29 is 9.59 Å². The molecular weight excluding hydrogens is 376 g/mol. The summed E-state index contributed by atoms with van der Waals surface area (Å²) < 4.78 is 0.779. The molecule has 0 saturated carbocycles. The smallest absolute Gasteiger partial charge is 0.261 e. The number of nitrogens with zero attached hydrogens (tertiary/aromatic N) is 2. The summed E-state index contributed by atoms with van der Waals surface area (Å²) in [5, 5.41) is 15.4. The number of aromatic nitrogens is 2. The van der Waals surface area contributed by atoms with Crippen LogP contribution in [0.4, 0.5) is 5.13 Å². The van der Waals surface area contributed by atoms with E-state index in [9.17, 15) is 9.59 Å². The summed E-state index contributed by atoms with van der Waals surface area (Å²) in [7, 11) is 0. The predicted octanol–water partition coefficient (Wildman–Crippen LogP) is 3.26. The first-order valence-electron chi connectivity index (χ1n) is 7.32. The van der Waals surface area contributed by atoms with E-state index < -0.39 is 0 Å². The topological polar surface area (TPSA) is 84.0 Å². The maximum atomic E-state index is 11.9. The second-order valence-electron chi connectivity index (χ2n) is 4.86. The van der Waals surface area contributed by atoms with Crippen LogP contribution in [-0.2, 0) is 10.5 Å². The lowest BCUT2D eigenvalue weighted by atomic mass is 10.2. The molecule has 0 unspecified atom stereocenters. The number of hydrogen-bond donors (Lipinski definition) is 2. The summed E-state index contributed by atoms with van der Waals surface area (Å²) in [6.07, 6.45) is 0. The molecule has 25 heavy (non-hydrogen) atoms. The van der Waals surface area contributed by atoms with E-state index in [4.69, 9.17) is 0 Å². The van der Waals surface area contributed by atoms with Gasteiger partial charge in [0.1, 0.15) is 0 Å². The average molecular weight is 391 g/mol. The minimum absolute atomic E-state index is 0.108. The molecule has 0 radical (unpaired) electrons. The van der Waals surface area contributed by atoms with E-state index >= 15 is 0 Å². The fourth-order valence-corrected chi connectivity index (χ4v) is 4.22. The SMILES string of the molecule is O=C(CNC(=O)c1cccs1)Nc1nnc(SCc2ccccc2)s1. The Morgan fingerprint density at radius 2 is 1.92 bits per heavy atom. The van der Waals surface area contributed by atoms with E-state index in [1.165, 1.54) is 28.2 Å². The molecule has 0 aliphatic heterocycles. The van der Waals surface area contributed by atoms with Crippen molar-refractivity contribution in [3.63, 3.8) is 0 Å². The Kier molecular flexibility index (Phi) is 6.15. The van der Waals surface area contributed by atoms with Gasteiger partial charge in [0.25, 0.3) is 5.91 Å². The number of benzene rings is 1. The average Bonchev–Trinajstić information content (AvgIpc) is 3.31. The molecule has 0 spiro atoms. The highest BCUT2D eigenvalue weighted by atomic mass is 32.2. The fourth-order valence-electron chi connectivity index (χ4n) is 1.86. The monoisotopic (exact) mass is 390 g/mol. The molecule has 0 saturated heterocycles. The molecule has 3 rings (SSSR count). The van der Waals surface area contributed by atoms with Gasteiger partial charge in [0.2, 0.25) is 11.0 Å². The van der Waals surface area contributed by atoms with Gasteiger partial charge in [-0.3, -0.25) is 14.9 Å². The summed E-state index contributed by atoms with van der Waals surface area (Å²) >= 11 is 4.20. The van der Waals surface area contributed by atoms with E-state index in [-0.39, 0.29) is 18.4 Å². The first-order valence-corrected chi connectivity index (χ1v) is 10.0. The molecule has 6 nitrogen and oxygen atoms in total. The van der Waals surface area contributed by atoms with Crippen LogP contribution >= 0.6 is 34.4 Å². The Bertz CT molecular complexity index is 834. The normalized spacial score (nSPS) is 10.4. The van der Waals surface area contributed by atoms with Crippen molar-refractivity contribution in [2.24, 2.45) is 0 Å². The molecule has 2 amide bonds. The van der Waals surface area contributed by atoms with Crippen molar-refractivity contribution in [2.45, 2.75) is 10.1 Å². The van der Waals surface area contributed by atoms with Crippen LogP contribution < -0.4 is 10.6 Å². The zero-order valence-corrected chi connectivity index (χ0v) is 15.4. The van der Waals surface area contributed by atoms with E-state index in [0.717, 1.165) is 10.1 Å². The molecule has 2 aromatic heterocycles. The Balaban J connectivity index is 1.44. The number of anilines is 1. The third-order valence-corrected chi connectivity index (χ3v) is 5.92. The quantitative estimate of drug-likeness (QED) is 0.478. The van der Waals surface area contributed by atoms with Crippen LogP contribution in [0.5, 0.6) is 0 Å². The van der Waals surface area contributed by atoms with Gasteiger partial charge >= 0.3 is 0 Å². The van der Waals surface area contributed by atoms with Gasteiger partial charge in [-0.1, -0.05) is 59.5 Å². The van der Waals surface area contributed by atoms with Gasteiger partial charge in [-0.15, -0.1) is 21.5 Å². The van der Waals surface area contributed by atoms with E-state index in [0.29, 0.717) is 10.0 Å². The Morgan fingerprint density at radius 3 is 2.68 bits per heavy atom. The van der Waals surface area contributed by atoms with Gasteiger partial charge in [-0.05, 0) is 17.0 Å². The molecular formula is C16H14N4O2S3. The van der Waals surface area contributed by atoms with Crippen molar-refractivity contribution in [2.75, 3.05) is 11.9 Å². The van der Waals surface area contributed by atoms with Gasteiger partial charge in [-0.2, -0.15) is 0 Å². The molecule has 0 aliphatic carbocycles. The van der Waals surface area contributed by atoms with Crippen molar-refractivity contribution >= 4 is 51.4 Å². The summed E-state index contributed by atoms with van der Waals surface area (Å²) in [5.41, 5.74) is 1.20. The van der Waals surface area contributed by atoms with Gasteiger partial charge in [0.15, 0.2) is 4.34 Å². The van der Waals surface area contributed by atoms with Gasteiger partial charge in [0, 0.05) is 5.75 Å². The Hall–Kier alpha value is -2.23. The first kappa shape index (κ1) is 17.6. The highest BCUT2D eigenvalue weighted by molar-refractivity contribution is 8.00. The van der Waals surface area contributed by atoms with Crippen LogP contribution in [0.25, 0.3) is 0 Å². The molecule has 1 aromatic carbocycles. The van der Waals surface area contributed by atoms with Gasteiger partial charge in [0.05, 0.1) is 11.4 Å². The molecule has 3 aromatic rings. The molecule has 128 valence electrons. The third kappa shape index (κ3) is 5.38. The zero-order chi connectivity index (χ0) is 17.5. The van der Waals surface area contributed by atoms with Crippen molar-refractivity contribution in [3.05, 3.63) is 58.3 Å². The summed E-state index contributed by atoms with van der Waals surface area (Å²) in [6.45, 7) is -0.108. The molecule has 0 bridgehead atoms. The number of nitrogens with one attached hydrogen (secondary N) is 2. The maximum absolute atomic E-state index is 11.9. The lowest BCUT2D eigenvalue weighted by Crippen LogP contribution is -2.32. The third-order valence-electron chi connectivity index (χ3n) is 3.01. The Morgan fingerprint density at radius 1 is 1.08 bits per heavy atom.